The third-order valence-electron chi connectivity index (χ3n) is 3.43. The molecule has 1 heterocycles. The number of hydrogen-bond donors (Lipinski definition) is 1. The van der Waals surface area contributed by atoms with Gasteiger partial charge in [-0.3, -0.25) is 4.79 Å². The minimum absolute atomic E-state index is 0.0277. The van der Waals surface area contributed by atoms with Gasteiger partial charge in [-0.1, -0.05) is 36.8 Å². The van der Waals surface area contributed by atoms with Crippen molar-refractivity contribution in [1.82, 2.24) is 5.32 Å². The Morgan fingerprint density at radius 2 is 2.17 bits per heavy atom. The normalized spacial score (nSPS) is 20.7. The predicted octanol–water partition coefficient (Wildman–Crippen LogP) is 2.74. The van der Waals surface area contributed by atoms with Crippen molar-refractivity contribution in [3.05, 3.63) is 35.4 Å². The lowest BCUT2D eigenvalue weighted by molar-refractivity contribution is -0.130. The van der Waals surface area contributed by atoms with Crippen LogP contribution >= 0.6 is 0 Å². The number of aryl methyl sites for hydroxylation is 1. The highest BCUT2D eigenvalue weighted by Crippen LogP contribution is 2.19. The first-order valence-corrected chi connectivity index (χ1v) is 6.69. The molecule has 1 amide bonds. The van der Waals surface area contributed by atoms with Gasteiger partial charge >= 0.3 is 0 Å². The number of nitrogens with one attached hydrogen (secondary N) is 1. The van der Waals surface area contributed by atoms with E-state index < -0.39 is 0 Å². The molecule has 0 unspecified atom stereocenters. The van der Waals surface area contributed by atoms with Crippen molar-refractivity contribution in [2.75, 3.05) is 6.61 Å². The van der Waals surface area contributed by atoms with E-state index in [1.165, 1.54) is 5.56 Å². The average Bonchev–Trinajstić information content (AvgIpc) is 2.91. The van der Waals surface area contributed by atoms with E-state index in [-0.39, 0.29) is 18.1 Å². The summed E-state index contributed by atoms with van der Waals surface area (Å²) in [6.45, 7) is 4.86. The Hall–Kier alpha value is -1.35. The van der Waals surface area contributed by atoms with Crippen LogP contribution in [-0.2, 0) is 9.53 Å². The van der Waals surface area contributed by atoms with E-state index in [0.717, 1.165) is 24.8 Å². The van der Waals surface area contributed by atoms with Crippen LogP contribution in [-0.4, -0.2) is 18.6 Å². The summed E-state index contributed by atoms with van der Waals surface area (Å²) in [6, 6.07) is 8.41. The highest BCUT2D eigenvalue weighted by atomic mass is 16.5. The van der Waals surface area contributed by atoms with Crippen molar-refractivity contribution in [2.45, 2.75) is 45.3 Å². The fraction of sp³-hybridized carbons (Fsp3) is 0.533. The molecule has 1 fully saturated rings. The zero-order valence-electron chi connectivity index (χ0n) is 11.1. The van der Waals surface area contributed by atoms with Gasteiger partial charge in [-0.05, 0) is 31.7 Å². The summed E-state index contributed by atoms with van der Waals surface area (Å²) < 4.78 is 5.40. The minimum Gasteiger partial charge on any atom is -0.368 e. The summed E-state index contributed by atoms with van der Waals surface area (Å²) in [5, 5.41) is 3.08. The lowest BCUT2D eigenvalue weighted by Gasteiger charge is -2.19. The Morgan fingerprint density at radius 3 is 2.72 bits per heavy atom. The second kappa shape index (κ2) is 6.01. The minimum atomic E-state index is -0.246. The molecule has 1 N–H and O–H groups in total. The van der Waals surface area contributed by atoms with Gasteiger partial charge in [-0.15, -0.1) is 0 Å². The van der Waals surface area contributed by atoms with Crippen molar-refractivity contribution >= 4 is 5.91 Å². The fourth-order valence-corrected chi connectivity index (χ4v) is 2.27. The average molecular weight is 247 g/mol. The first kappa shape index (κ1) is 13.1. The van der Waals surface area contributed by atoms with Gasteiger partial charge in [0.05, 0.1) is 6.04 Å². The van der Waals surface area contributed by atoms with Crippen LogP contribution in [0.25, 0.3) is 0 Å². The standard InChI is InChI=1S/C15H21NO2/c1-3-13(12-8-6-11(2)7-9-12)16-15(17)14-5-4-10-18-14/h6-9,13-14H,3-5,10H2,1-2H3,(H,16,17)/t13-,14+/m1/s1. The van der Waals surface area contributed by atoms with Crippen molar-refractivity contribution in [1.29, 1.82) is 0 Å². The molecule has 3 nitrogen and oxygen atoms in total. The van der Waals surface area contributed by atoms with Gasteiger partial charge in [0.1, 0.15) is 6.10 Å². The Labute approximate surface area is 109 Å². The molecule has 2 atom stereocenters. The first-order valence-electron chi connectivity index (χ1n) is 6.69. The van der Waals surface area contributed by atoms with Crippen molar-refractivity contribution < 1.29 is 9.53 Å². The molecular formula is C15H21NO2. The summed E-state index contributed by atoms with van der Waals surface area (Å²) >= 11 is 0. The lowest BCUT2D eigenvalue weighted by atomic mass is 10.0. The molecule has 0 bridgehead atoms. The van der Waals surface area contributed by atoms with Crippen LogP contribution in [0.5, 0.6) is 0 Å². The predicted molar refractivity (Wildman–Crippen MR) is 71.3 cm³/mol. The first-order chi connectivity index (χ1) is 8.70. The number of carbonyl (C=O) groups is 1. The summed E-state index contributed by atoms with van der Waals surface area (Å²) in [5.41, 5.74) is 2.40. The number of amides is 1. The number of benzene rings is 1. The van der Waals surface area contributed by atoms with E-state index in [2.05, 4.69) is 43.4 Å². The molecule has 18 heavy (non-hydrogen) atoms. The third-order valence-corrected chi connectivity index (χ3v) is 3.43. The molecular weight excluding hydrogens is 226 g/mol. The second-order valence-electron chi connectivity index (χ2n) is 4.88. The van der Waals surface area contributed by atoms with E-state index in [4.69, 9.17) is 4.74 Å². The summed E-state index contributed by atoms with van der Waals surface area (Å²) in [5.74, 6) is 0.0277. The smallest absolute Gasteiger partial charge is 0.249 e. The molecule has 1 aliphatic heterocycles. The van der Waals surface area contributed by atoms with Crippen LogP contribution < -0.4 is 5.32 Å². The maximum Gasteiger partial charge on any atom is 0.249 e. The van der Waals surface area contributed by atoms with Crippen molar-refractivity contribution in [3.63, 3.8) is 0 Å². The lowest BCUT2D eigenvalue weighted by Crippen LogP contribution is -2.36. The van der Waals surface area contributed by atoms with Gasteiger partial charge in [0.15, 0.2) is 0 Å². The molecule has 3 heteroatoms. The third kappa shape index (κ3) is 3.10. The fourth-order valence-electron chi connectivity index (χ4n) is 2.27. The van der Waals surface area contributed by atoms with Crippen LogP contribution in [0, 0.1) is 6.92 Å². The molecule has 0 saturated carbocycles. The van der Waals surface area contributed by atoms with E-state index >= 15 is 0 Å². The van der Waals surface area contributed by atoms with Crippen LogP contribution in [0.15, 0.2) is 24.3 Å². The topological polar surface area (TPSA) is 38.3 Å². The van der Waals surface area contributed by atoms with Crippen LogP contribution in [0.2, 0.25) is 0 Å². The molecule has 0 radical (unpaired) electrons. The van der Waals surface area contributed by atoms with Gasteiger partial charge < -0.3 is 10.1 Å². The van der Waals surface area contributed by atoms with E-state index in [9.17, 15) is 4.79 Å². The largest absolute Gasteiger partial charge is 0.368 e. The maximum atomic E-state index is 12.0. The number of rotatable bonds is 4. The highest BCUT2D eigenvalue weighted by molar-refractivity contribution is 5.81. The van der Waals surface area contributed by atoms with Gasteiger partial charge in [0.25, 0.3) is 0 Å². The van der Waals surface area contributed by atoms with Crippen molar-refractivity contribution in [2.24, 2.45) is 0 Å². The molecule has 1 aromatic rings. The molecule has 1 saturated heterocycles. The zero-order chi connectivity index (χ0) is 13.0. The van der Waals surface area contributed by atoms with Crippen molar-refractivity contribution in [3.8, 4) is 0 Å². The zero-order valence-corrected chi connectivity index (χ0v) is 11.1. The van der Waals surface area contributed by atoms with Gasteiger partial charge in [0.2, 0.25) is 5.91 Å². The van der Waals surface area contributed by atoms with E-state index in [1.807, 2.05) is 0 Å². The summed E-state index contributed by atoms with van der Waals surface area (Å²) in [7, 11) is 0. The Bertz CT molecular complexity index is 393. The number of hydrogen-bond acceptors (Lipinski definition) is 2. The molecule has 0 spiro atoms. The molecule has 0 aliphatic carbocycles. The van der Waals surface area contributed by atoms with E-state index in [1.54, 1.807) is 0 Å². The molecule has 0 aromatic heterocycles. The van der Waals surface area contributed by atoms with Gasteiger partial charge in [-0.25, -0.2) is 0 Å². The highest BCUT2D eigenvalue weighted by Gasteiger charge is 2.25. The Balaban J connectivity index is 2.00. The summed E-state index contributed by atoms with van der Waals surface area (Å²) in [6.07, 6.45) is 2.47. The van der Waals surface area contributed by atoms with Gasteiger partial charge in [-0.2, -0.15) is 0 Å². The maximum absolute atomic E-state index is 12.0. The number of carbonyl (C=O) groups excluding carboxylic acids is 1. The van der Waals surface area contributed by atoms with Crippen LogP contribution in [0.4, 0.5) is 0 Å². The SMILES string of the molecule is CC[C@@H](NC(=O)[C@@H]1CCCO1)c1ccc(C)cc1. The monoisotopic (exact) mass is 247 g/mol. The second-order valence-corrected chi connectivity index (χ2v) is 4.88. The van der Waals surface area contributed by atoms with Gasteiger partial charge in [0, 0.05) is 6.61 Å². The quantitative estimate of drug-likeness (QED) is 0.888. The Kier molecular flexibility index (Phi) is 4.37. The number of ether oxygens (including phenoxy) is 1. The molecule has 1 aromatic carbocycles. The summed E-state index contributed by atoms with van der Waals surface area (Å²) in [4.78, 5) is 12.0. The molecule has 2 rings (SSSR count). The molecule has 98 valence electrons. The van der Waals surface area contributed by atoms with Crippen LogP contribution in [0.3, 0.4) is 0 Å². The van der Waals surface area contributed by atoms with Crippen LogP contribution in [0.1, 0.15) is 43.4 Å². The van der Waals surface area contributed by atoms with E-state index in [0.29, 0.717) is 6.61 Å². The Morgan fingerprint density at radius 1 is 1.44 bits per heavy atom. The molecule has 1 aliphatic rings.